The summed E-state index contributed by atoms with van der Waals surface area (Å²) < 4.78 is 32.6. The van der Waals surface area contributed by atoms with Crippen LogP contribution in [0.15, 0.2) is 17.3 Å². The van der Waals surface area contributed by atoms with E-state index < -0.39 is 16.0 Å². The summed E-state index contributed by atoms with van der Waals surface area (Å²) in [5.74, 6) is -1.02. The normalized spacial score (nSPS) is 18.2. The Balaban J connectivity index is 1.95. The van der Waals surface area contributed by atoms with Gasteiger partial charge < -0.3 is 9.84 Å². The van der Waals surface area contributed by atoms with Crippen LogP contribution in [0, 0.1) is 0 Å². The molecule has 0 saturated carbocycles. The fraction of sp³-hybridized carbons (Fsp3) is 0.636. The highest BCUT2D eigenvalue weighted by molar-refractivity contribution is 7.89. The molecule has 1 saturated heterocycles. The topological polar surface area (TPSA) is 102 Å². The number of ether oxygens (including phenoxy) is 1. The standard InChI is InChI=1S/C11H17N3O5S/c1-13-7-10(6-12-13)20(17,18)14-4-2-9(3-5-14)19-8-11(15)16/h6-7,9H,2-5,8H2,1H3,(H,15,16). The van der Waals surface area contributed by atoms with Crippen molar-refractivity contribution >= 4 is 16.0 Å². The second-order valence-corrected chi connectivity index (χ2v) is 6.60. The third-order valence-corrected chi connectivity index (χ3v) is 5.01. The zero-order chi connectivity index (χ0) is 14.8. The first-order chi connectivity index (χ1) is 9.39. The van der Waals surface area contributed by atoms with Crippen molar-refractivity contribution in [1.82, 2.24) is 14.1 Å². The highest BCUT2D eigenvalue weighted by atomic mass is 32.2. The lowest BCUT2D eigenvalue weighted by atomic mass is 10.1. The summed E-state index contributed by atoms with van der Waals surface area (Å²) in [5, 5.41) is 12.4. The molecule has 20 heavy (non-hydrogen) atoms. The van der Waals surface area contributed by atoms with Gasteiger partial charge in [0, 0.05) is 26.3 Å². The van der Waals surface area contributed by atoms with Crippen molar-refractivity contribution in [3.63, 3.8) is 0 Å². The van der Waals surface area contributed by atoms with Crippen LogP contribution >= 0.6 is 0 Å². The number of carbonyl (C=O) groups is 1. The van der Waals surface area contributed by atoms with E-state index in [4.69, 9.17) is 9.84 Å². The van der Waals surface area contributed by atoms with E-state index in [1.54, 1.807) is 7.05 Å². The second-order valence-electron chi connectivity index (χ2n) is 4.66. The maximum absolute atomic E-state index is 12.3. The Morgan fingerprint density at radius 3 is 2.65 bits per heavy atom. The largest absolute Gasteiger partial charge is 0.480 e. The number of sulfonamides is 1. The molecule has 0 radical (unpaired) electrons. The Labute approximate surface area is 117 Å². The average molecular weight is 303 g/mol. The molecule has 1 aliphatic rings. The molecule has 0 atom stereocenters. The molecule has 8 nitrogen and oxygen atoms in total. The molecule has 112 valence electrons. The molecule has 0 bridgehead atoms. The van der Waals surface area contributed by atoms with Crippen molar-refractivity contribution in [2.24, 2.45) is 7.05 Å². The first-order valence-electron chi connectivity index (χ1n) is 6.22. The summed E-state index contributed by atoms with van der Waals surface area (Å²) in [4.78, 5) is 10.6. The third kappa shape index (κ3) is 3.35. The van der Waals surface area contributed by atoms with E-state index in [0.717, 1.165) is 0 Å². The maximum atomic E-state index is 12.3. The summed E-state index contributed by atoms with van der Waals surface area (Å²) in [5.41, 5.74) is 0. The van der Waals surface area contributed by atoms with Crippen LogP contribution in [0.3, 0.4) is 0 Å². The van der Waals surface area contributed by atoms with Crippen molar-refractivity contribution in [2.45, 2.75) is 23.8 Å². The fourth-order valence-electron chi connectivity index (χ4n) is 2.11. The third-order valence-electron chi connectivity index (χ3n) is 3.16. The summed E-state index contributed by atoms with van der Waals surface area (Å²) in [7, 11) is -1.86. The monoisotopic (exact) mass is 303 g/mol. The summed E-state index contributed by atoms with van der Waals surface area (Å²) in [6.45, 7) is 0.295. The van der Waals surface area contributed by atoms with Crippen molar-refractivity contribution < 1.29 is 23.1 Å². The van der Waals surface area contributed by atoms with Crippen molar-refractivity contribution in [3.05, 3.63) is 12.4 Å². The maximum Gasteiger partial charge on any atom is 0.329 e. The van der Waals surface area contributed by atoms with E-state index in [1.807, 2.05) is 0 Å². The number of carboxylic acids is 1. The van der Waals surface area contributed by atoms with Crippen LogP contribution in [0.4, 0.5) is 0 Å². The van der Waals surface area contributed by atoms with Crippen molar-refractivity contribution in [3.8, 4) is 0 Å². The zero-order valence-electron chi connectivity index (χ0n) is 11.1. The molecule has 0 aliphatic carbocycles. The molecule has 1 aliphatic heterocycles. The first-order valence-corrected chi connectivity index (χ1v) is 7.66. The van der Waals surface area contributed by atoms with Gasteiger partial charge >= 0.3 is 5.97 Å². The van der Waals surface area contributed by atoms with Gasteiger partial charge in [0.25, 0.3) is 0 Å². The van der Waals surface area contributed by atoms with Crippen LogP contribution < -0.4 is 0 Å². The fourth-order valence-corrected chi connectivity index (χ4v) is 3.57. The number of hydrogen-bond acceptors (Lipinski definition) is 5. The van der Waals surface area contributed by atoms with Gasteiger partial charge in [-0.1, -0.05) is 0 Å². The molecule has 2 rings (SSSR count). The van der Waals surface area contributed by atoms with Crippen molar-refractivity contribution in [1.29, 1.82) is 0 Å². The molecule has 1 aromatic heterocycles. The number of piperidine rings is 1. The van der Waals surface area contributed by atoms with E-state index >= 15 is 0 Å². The first kappa shape index (κ1) is 14.9. The molecule has 0 aromatic carbocycles. The lowest BCUT2D eigenvalue weighted by Crippen LogP contribution is -2.41. The van der Waals surface area contributed by atoms with Crippen LogP contribution in [0.5, 0.6) is 0 Å². The molecular formula is C11H17N3O5S. The minimum atomic E-state index is -3.52. The number of nitrogens with zero attached hydrogens (tertiary/aromatic N) is 3. The Morgan fingerprint density at radius 1 is 1.50 bits per heavy atom. The SMILES string of the molecule is Cn1cc(S(=O)(=O)N2CCC(OCC(=O)O)CC2)cn1. The van der Waals surface area contributed by atoms with E-state index in [2.05, 4.69) is 5.10 Å². The number of hydrogen-bond donors (Lipinski definition) is 1. The van der Waals surface area contributed by atoms with Gasteiger partial charge in [0.1, 0.15) is 11.5 Å². The summed E-state index contributed by atoms with van der Waals surface area (Å²) >= 11 is 0. The Bertz CT molecular complexity index is 575. The number of carboxylic acid groups (broad SMARTS) is 1. The minimum Gasteiger partial charge on any atom is -0.480 e. The second kappa shape index (κ2) is 5.90. The smallest absolute Gasteiger partial charge is 0.329 e. The molecule has 0 spiro atoms. The molecule has 0 amide bonds. The Morgan fingerprint density at radius 2 is 2.15 bits per heavy atom. The minimum absolute atomic E-state index is 0.171. The van der Waals surface area contributed by atoms with Gasteiger partial charge in [0.2, 0.25) is 10.0 Å². The summed E-state index contributed by atoms with van der Waals surface area (Å²) in [6.07, 6.45) is 3.57. The van der Waals surface area contributed by atoms with Gasteiger partial charge in [-0.15, -0.1) is 0 Å². The van der Waals surface area contributed by atoms with Crippen LogP contribution in [-0.4, -0.2) is 59.4 Å². The van der Waals surface area contributed by atoms with Gasteiger partial charge in [-0.2, -0.15) is 9.40 Å². The van der Waals surface area contributed by atoms with Gasteiger partial charge in [-0.05, 0) is 12.8 Å². The quantitative estimate of drug-likeness (QED) is 0.799. The lowest BCUT2D eigenvalue weighted by molar-refractivity contribution is -0.145. The van der Waals surface area contributed by atoms with Gasteiger partial charge in [-0.3, -0.25) is 4.68 Å². The summed E-state index contributed by atoms with van der Waals surface area (Å²) in [6, 6.07) is 0. The van der Waals surface area contributed by atoms with Gasteiger partial charge in [-0.25, -0.2) is 13.2 Å². The molecule has 0 unspecified atom stereocenters. The molecule has 1 N–H and O–H groups in total. The number of rotatable bonds is 5. The zero-order valence-corrected chi connectivity index (χ0v) is 11.9. The number of aliphatic carboxylic acids is 1. The van der Waals surface area contributed by atoms with Gasteiger partial charge in [0.15, 0.2) is 0 Å². The van der Waals surface area contributed by atoms with E-state index in [-0.39, 0.29) is 17.6 Å². The Kier molecular flexibility index (Phi) is 4.41. The highest BCUT2D eigenvalue weighted by Gasteiger charge is 2.30. The van der Waals surface area contributed by atoms with Crippen LogP contribution in [0.25, 0.3) is 0 Å². The average Bonchev–Trinajstić information content (AvgIpc) is 2.84. The lowest BCUT2D eigenvalue weighted by Gasteiger charge is -2.30. The van der Waals surface area contributed by atoms with Gasteiger partial charge in [0.05, 0.1) is 12.3 Å². The number of aromatic nitrogens is 2. The molecular weight excluding hydrogens is 286 g/mol. The highest BCUT2D eigenvalue weighted by Crippen LogP contribution is 2.21. The van der Waals surface area contributed by atoms with Crippen LogP contribution in [0.1, 0.15) is 12.8 Å². The molecule has 1 aromatic rings. The van der Waals surface area contributed by atoms with E-state index in [1.165, 1.54) is 21.4 Å². The number of aryl methyl sites for hydroxylation is 1. The predicted molar refractivity (Wildman–Crippen MR) is 68.6 cm³/mol. The van der Waals surface area contributed by atoms with Crippen LogP contribution in [-0.2, 0) is 26.6 Å². The van der Waals surface area contributed by atoms with E-state index in [9.17, 15) is 13.2 Å². The molecule has 9 heteroatoms. The van der Waals surface area contributed by atoms with E-state index in [0.29, 0.717) is 25.9 Å². The predicted octanol–water partition coefficient (Wildman–Crippen LogP) is -0.326. The van der Waals surface area contributed by atoms with Crippen LogP contribution in [0.2, 0.25) is 0 Å². The van der Waals surface area contributed by atoms with Crippen molar-refractivity contribution in [2.75, 3.05) is 19.7 Å². The Hall–Kier alpha value is -1.45. The molecule has 2 heterocycles. The molecule has 1 fully saturated rings.